The molecule has 8 heteroatoms. The molecule has 31 heavy (non-hydrogen) atoms. The van der Waals surface area contributed by atoms with E-state index in [1.54, 1.807) is 16.7 Å². The zero-order chi connectivity index (χ0) is 21.6. The largest absolute Gasteiger partial charge is 0.492 e. The van der Waals surface area contributed by atoms with Crippen LogP contribution >= 0.6 is 34.7 Å². The molecule has 1 aliphatic heterocycles. The standard InChI is InChI=1S/C23H25ClN2O3S2/c1-2-28-19-6-3-7-20-22(19)25-23(31-20)26(15-17-5-4-13-29-17)21(27)12-14-30-18-10-8-16(24)9-11-18/h3,6-11,17H,2,4-5,12-15H2,1H3. The average Bonchev–Trinajstić information content (AvgIpc) is 3.43. The van der Waals surface area contributed by atoms with Gasteiger partial charge in [-0.1, -0.05) is 29.0 Å². The van der Waals surface area contributed by atoms with E-state index in [0.29, 0.717) is 35.5 Å². The monoisotopic (exact) mass is 476 g/mol. The number of fused-ring (bicyclic) bond motifs is 1. The van der Waals surface area contributed by atoms with Crippen LogP contribution in [0.5, 0.6) is 5.75 Å². The highest BCUT2D eigenvalue weighted by Crippen LogP contribution is 2.35. The second-order valence-corrected chi connectivity index (χ2v) is 9.84. The van der Waals surface area contributed by atoms with Crippen molar-refractivity contribution in [3.05, 3.63) is 47.5 Å². The fourth-order valence-corrected chi connectivity index (χ4v) is 5.48. The second kappa shape index (κ2) is 10.7. The summed E-state index contributed by atoms with van der Waals surface area (Å²) in [5, 5.41) is 1.42. The van der Waals surface area contributed by atoms with Crippen LogP contribution in [0, 0.1) is 0 Å². The van der Waals surface area contributed by atoms with Crippen LogP contribution in [0.4, 0.5) is 5.13 Å². The van der Waals surface area contributed by atoms with E-state index in [-0.39, 0.29) is 12.0 Å². The smallest absolute Gasteiger partial charge is 0.229 e. The van der Waals surface area contributed by atoms with E-state index in [9.17, 15) is 4.79 Å². The number of hydrogen-bond acceptors (Lipinski definition) is 6. The molecule has 2 heterocycles. The Morgan fingerprint density at radius 1 is 1.32 bits per heavy atom. The number of amides is 1. The maximum absolute atomic E-state index is 13.2. The molecule has 1 atom stereocenters. The van der Waals surface area contributed by atoms with Gasteiger partial charge in [0, 0.05) is 28.7 Å². The van der Waals surface area contributed by atoms with Crippen LogP contribution in [0.15, 0.2) is 47.4 Å². The molecule has 2 aromatic carbocycles. The lowest BCUT2D eigenvalue weighted by Gasteiger charge is -2.23. The van der Waals surface area contributed by atoms with Gasteiger partial charge in [0.1, 0.15) is 11.3 Å². The summed E-state index contributed by atoms with van der Waals surface area (Å²) in [6, 6.07) is 13.6. The van der Waals surface area contributed by atoms with Gasteiger partial charge in [-0.05, 0) is 56.2 Å². The van der Waals surface area contributed by atoms with Gasteiger partial charge in [0.2, 0.25) is 5.91 Å². The Kier molecular flexibility index (Phi) is 7.72. The number of carbonyl (C=O) groups excluding carboxylic acids is 1. The predicted octanol–water partition coefficient (Wildman–Crippen LogP) is 6.04. The van der Waals surface area contributed by atoms with E-state index in [1.165, 1.54) is 11.3 Å². The van der Waals surface area contributed by atoms with Crippen LogP contribution in [0.1, 0.15) is 26.2 Å². The van der Waals surface area contributed by atoms with Gasteiger partial charge in [-0.2, -0.15) is 0 Å². The van der Waals surface area contributed by atoms with E-state index in [1.807, 2.05) is 49.4 Å². The normalized spacial score (nSPS) is 16.0. The molecule has 1 aliphatic rings. The van der Waals surface area contributed by atoms with Crippen molar-refractivity contribution >= 4 is 56.0 Å². The van der Waals surface area contributed by atoms with Gasteiger partial charge in [0.25, 0.3) is 0 Å². The molecule has 1 aromatic heterocycles. The highest BCUT2D eigenvalue weighted by Gasteiger charge is 2.26. The van der Waals surface area contributed by atoms with Gasteiger partial charge < -0.3 is 9.47 Å². The first-order valence-electron chi connectivity index (χ1n) is 10.5. The molecule has 0 radical (unpaired) electrons. The van der Waals surface area contributed by atoms with Crippen molar-refractivity contribution in [2.45, 2.75) is 37.2 Å². The van der Waals surface area contributed by atoms with Crippen molar-refractivity contribution < 1.29 is 14.3 Å². The molecule has 1 unspecified atom stereocenters. The van der Waals surface area contributed by atoms with Gasteiger partial charge in [-0.3, -0.25) is 9.69 Å². The van der Waals surface area contributed by atoms with Crippen molar-refractivity contribution in [2.75, 3.05) is 30.4 Å². The number of thioether (sulfide) groups is 1. The van der Waals surface area contributed by atoms with E-state index >= 15 is 0 Å². The Morgan fingerprint density at radius 2 is 2.16 bits per heavy atom. The summed E-state index contributed by atoms with van der Waals surface area (Å²) in [5.74, 6) is 1.51. The molecule has 1 amide bonds. The molecular weight excluding hydrogens is 452 g/mol. The van der Waals surface area contributed by atoms with Gasteiger partial charge >= 0.3 is 0 Å². The van der Waals surface area contributed by atoms with Gasteiger partial charge in [-0.15, -0.1) is 11.8 Å². The summed E-state index contributed by atoms with van der Waals surface area (Å²) in [5.41, 5.74) is 0.810. The van der Waals surface area contributed by atoms with Gasteiger partial charge in [0.05, 0.1) is 24.0 Å². The fourth-order valence-electron chi connectivity index (χ4n) is 3.50. The first kappa shape index (κ1) is 22.4. The average molecular weight is 477 g/mol. The Hall–Kier alpha value is -1.80. The van der Waals surface area contributed by atoms with Crippen LogP contribution in [0.25, 0.3) is 10.2 Å². The third kappa shape index (κ3) is 5.71. The van der Waals surface area contributed by atoms with Crippen LogP contribution < -0.4 is 9.64 Å². The van der Waals surface area contributed by atoms with Crippen LogP contribution in [0.2, 0.25) is 5.02 Å². The van der Waals surface area contributed by atoms with Crippen molar-refractivity contribution in [1.29, 1.82) is 0 Å². The van der Waals surface area contributed by atoms with Crippen molar-refractivity contribution in [2.24, 2.45) is 0 Å². The molecule has 0 saturated carbocycles. The molecule has 164 valence electrons. The van der Waals surface area contributed by atoms with Crippen molar-refractivity contribution in [3.63, 3.8) is 0 Å². The lowest BCUT2D eigenvalue weighted by Crippen LogP contribution is -2.37. The Balaban J connectivity index is 1.50. The number of anilines is 1. The number of para-hydroxylation sites is 1. The molecule has 1 fully saturated rings. The molecule has 0 N–H and O–H groups in total. The lowest BCUT2D eigenvalue weighted by molar-refractivity contribution is -0.118. The summed E-state index contributed by atoms with van der Waals surface area (Å²) in [7, 11) is 0. The number of hydrogen-bond donors (Lipinski definition) is 0. The lowest BCUT2D eigenvalue weighted by atomic mass is 10.2. The van der Waals surface area contributed by atoms with E-state index in [0.717, 1.165) is 40.3 Å². The zero-order valence-electron chi connectivity index (χ0n) is 17.4. The van der Waals surface area contributed by atoms with Gasteiger partial charge in [-0.25, -0.2) is 4.98 Å². The first-order chi connectivity index (χ1) is 15.1. The number of carbonyl (C=O) groups is 1. The molecule has 4 rings (SSSR count). The summed E-state index contributed by atoms with van der Waals surface area (Å²) in [4.78, 5) is 20.9. The third-order valence-electron chi connectivity index (χ3n) is 5.01. The Morgan fingerprint density at radius 3 is 2.90 bits per heavy atom. The maximum atomic E-state index is 13.2. The highest BCUT2D eigenvalue weighted by atomic mass is 35.5. The first-order valence-corrected chi connectivity index (χ1v) is 12.6. The Labute approximate surface area is 195 Å². The molecular formula is C23H25ClN2O3S2. The number of halogens is 1. The number of aromatic nitrogens is 1. The van der Waals surface area contributed by atoms with Crippen LogP contribution in [-0.4, -0.2) is 42.5 Å². The molecule has 0 aliphatic carbocycles. The molecule has 0 bridgehead atoms. The summed E-state index contributed by atoms with van der Waals surface area (Å²) in [6.07, 6.45) is 2.49. The SMILES string of the molecule is CCOc1cccc2sc(N(CC3CCCO3)C(=O)CCSc3ccc(Cl)cc3)nc12. The van der Waals surface area contributed by atoms with Crippen LogP contribution in [0.3, 0.4) is 0 Å². The quantitative estimate of drug-likeness (QED) is 0.352. The minimum atomic E-state index is 0.0613. The predicted molar refractivity (Wildman–Crippen MR) is 129 cm³/mol. The van der Waals surface area contributed by atoms with E-state index < -0.39 is 0 Å². The number of rotatable bonds is 9. The minimum Gasteiger partial charge on any atom is -0.492 e. The van der Waals surface area contributed by atoms with Crippen LogP contribution in [-0.2, 0) is 9.53 Å². The Bertz CT molecular complexity index is 1020. The number of benzene rings is 2. The number of thiazole rings is 1. The van der Waals surface area contributed by atoms with Gasteiger partial charge in [0.15, 0.2) is 5.13 Å². The maximum Gasteiger partial charge on any atom is 0.229 e. The molecule has 0 spiro atoms. The number of nitrogens with zero attached hydrogens (tertiary/aromatic N) is 2. The van der Waals surface area contributed by atoms with E-state index in [4.69, 9.17) is 26.1 Å². The zero-order valence-corrected chi connectivity index (χ0v) is 19.8. The fraction of sp³-hybridized carbons (Fsp3) is 0.391. The third-order valence-corrected chi connectivity index (χ3v) is 7.32. The number of ether oxygens (including phenoxy) is 2. The summed E-state index contributed by atoms with van der Waals surface area (Å²) < 4.78 is 12.6. The minimum absolute atomic E-state index is 0.0613. The molecule has 3 aromatic rings. The highest BCUT2D eigenvalue weighted by molar-refractivity contribution is 7.99. The van der Waals surface area contributed by atoms with Crippen molar-refractivity contribution in [3.8, 4) is 5.75 Å². The summed E-state index contributed by atoms with van der Waals surface area (Å²) in [6.45, 7) is 3.83. The van der Waals surface area contributed by atoms with E-state index in [2.05, 4.69) is 0 Å². The van der Waals surface area contributed by atoms with Crippen molar-refractivity contribution in [1.82, 2.24) is 4.98 Å². The molecule has 5 nitrogen and oxygen atoms in total. The topological polar surface area (TPSA) is 51.7 Å². The summed E-state index contributed by atoms with van der Waals surface area (Å²) >= 11 is 9.13. The molecule has 1 saturated heterocycles. The second-order valence-electron chi connectivity index (χ2n) is 7.22.